The number of carbonyl (C=O) groups is 2. The number of halogens is 3. The number of nitrogens with zero attached hydrogens (tertiary/aromatic N) is 2. The van der Waals surface area contributed by atoms with E-state index in [-0.39, 0.29) is 24.1 Å². The maximum absolute atomic E-state index is 13.1. The normalized spacial score (nSPS) is 12.9. The molecule has 0 aliphatic heterocycles. The van der Waals surface area contributed by atoms with Gasteiger partial charge in [-0.25, -0.2) is 4.98 Å². The molecule has 0 bridgehead atoms. The molecule has 1 aromatic heterocycles. The van der Waals surface area contributed by atoms with Crippen molar-refractivity contribution in [2.45, 2.75) is 31.0 Å². The Morgan fingerprint density at radius 3 is 2.29 bits per heavy atom. The molecule has 0 spiro atoms. The van der Waals surface area contributed by atoms with Crippen molar-refractivity contribution >= 4 is 18.9 Å². The first-order valence-corrected chi connectivity index (χ1v) is 10.6. The van der Waals surface area contributed by atoms with Crippen LogP contribution in [0.2, 0.25) is 0 Å². The lowest BCUT2D eigenvalue weighted by Gasteiger charge is -2.23. The first-order valence-electron chi connectivity index (χ1n) is 10.6. The molecule has 2 amide bonds. The molecule has 4 N–H and O–H groups in total. The number of carbonyl (C=O) groups excluding carboxylic acids is 2. The van der Waals surface area contributed by atoms with Gasteiger partial charge in [0.15, 0.2) is 0 Å². The third-order valence-corrected chi connectivity index (χ3v) is 5.10. The molecule has 0 fully saturated rings. The first-order chi connectivity index (χ1) is 16.6. The van der Waals surface area contributed by atoms with Crippen LogP contribution in [0.4, 0.5) is 13.2 Å². The molecule has 1 heterocycles. The van der Waals surface area contributed by atoms with Crippen molar-refractivity contribution in [2.75, 3.05) is 0 Å². The third kappa shape index (κ3) is 7.62. The van der Waals surface area contributed by atoms with Crippen molar-refractivity contribution in [3.8, 4) is 0 Å². The molecule has 0 aliphatic rings. The molecule has 0 saturated carbocycles. The largest absolute Gasteiger partial charge is 0.475 e. The first kappa shape index (κ1) is 25.9. The molecular weight excluding hydrogens is 464 g/mol. The van der Waals surface area contributed by atoms with E-state index >= 15 is 0 Å². The molecule has 8 nitrogen and oxygen atoms in total. The number of hydrogen-bond acceptors (Lipinski definition) is 6. The topological polar surface area (TPSA) is 124 Å². The number of hydrogen-bond donors (Lipinski definition) is 4. The van der Waals surface area contributed by atoms with Crippen molar-refractivity contribution in [1.82, 2.24) is 20.6 Å². The van der Waals surface area contributed by atoms with E-state index in [9.17, 15) is 32.8 Å². The Balaban J connectivity index is 1.78. The van der Waals surface area contributed by atoms with E-state index in [1.165, 1.54) is 30.7 Å². The molecular formula is C23H22BF3N4O4. The Bertz CT molecular complexity index is 1130. The van der Waals surface area contributed by atoms with Gasteiger partial charge in [0.2, 0.25) is 5.91 Å². The number of benzene rings is 2. The van der Waals surface area contributed by atoms with Crippen LogP contribution < -0.4 is 10.6 Å². The van der Waals surface area contributed by atoms with Gasteiger partial charge in [0, 0.05) is 18.8 Å². The zero-order chi connectivity index (χ0) is 25.4. The second kappa shape index (κ2) is 11.6. The van der Waals surface area contributed by atoms with Crippen molar-refractivity contribution in [2.24, 2.45) is 0 Å². The summed E-state index contributed by atoms with van der Waals surface area (Å²) in [5, 5.41) is 24.6. The summed E-state index contributed by atoms with van der Waals surface area (Å²) in [5.74, 6) is -2.76. The molecule has 0 unspecified atom stereocenters. The maximum atomic E-state index is 13.1. The van der Waals surface area contributed by atoms with Gasteiger partial charge < -0.3 is 20.7 Å². The maximum Gasteiger partial charge on any atom is 0.475 e. The minimum Gasteiger partial charge on any atom is -0.426 e. The molecule has 2 aromatic carbocycles. The molecule has 0 aliphatic carbocycles. The summed E-state index contributed by atoms with van der Waals surface area (Å²) in [6, 6.07) is 12.0. The molecule has 182 valence electrons. The third-order valence-electron chi connectivity index (χ3n) is 5.10. The zero-order valence-corrected chi connectivity index (χ0v) is 18.3. The van der Waals surface area contributed by atoms with Crippen LogP contribution in [0.1, 0.15) is 27.2 Å². The van der Waals surface area contributed by atoms with Gasteiger partial charge >= 0.3 is 13.3 Å². The number of aromatic nitrogens is 2. The summed E-state index contributed by atoms with van der Waals surface area (Å²) >= 11 is 0. The SMILES string of the molecule is O=C(N[C@@H](Cc1ccccc1)C(=O)N[C@@H](Cc1cccc(C(F)(F)F)c1)B(O)O)c1cnccn1. The lowest BCUT2D eigenvalue weighted by Crippen LogP contribution is -2.55. The highest BCUT2D eigenvalue weighted by molar-refractivity contribution is 6.43. The summed E-state index contributed by atoms with van der Waals surface area (Å²) < 4.78 is 39.1. The average molecular weight is 486 g/mol. The monoisotopic (exact) mass is 486 g/mol. The van der Waals surface area contributed by atoms with E-state index in [0.29, 0.717) is 5.56 Å². The number of alkyl halides is 3. The molecule has 3 aromatic rings. The van der Waals surface area contributed by atoms with E-state index in [4.69, 9.17) is 0 Å². The van der Waals surface area contributed by atoms with Gasteiger partial charge in [-0.3, -0.25) is 14.6 Å². The van der Waals surface area contributed by atoms with Crippen LogP contribution in [-0.2, 0) is 23.8 Å². The minimum absolute atomic E-state index is 0.0268. The van der Waals surface area contributed by atoms with E-state index in [0.717, 1.165) is 12.1 Å². The van der Waals surface area contributed by atoms with Crippen LogP contribution in [-0.4, -0.2) is 50.9 Å². The molecule has 12 heteroatoms. The fourth-order valence-electron chi connectivity index (χ4n) is 3.35. The zero-order valence-electron chi connectivity index (χ0n) is 18.3. The standard InChI is InChI=1S/C23H22BF3N4O4/c25-23(26,27)17-8-4-7-16(11-17)13-20(24(34)35)31-21(32)18(12-15-5-2-1-3-6-15)30-22(33)19-14-28-9-10-29-19/h1-11,14,18,20,34-35H,12-13H2,(H,30,33)(H,31,32)/t18-,20-/m0/s1. The molecule has 0 radical (unpaired) electrons. The van der Waals surface area contributed by atoms with Gasteiger partial charge in [0.05, 0.1) is 17.7 Å². The fraction of sp³-hybridized carbons (Fsp3) is 0.217. The second-order valence-electron chi connectivity index (χ2n) is 7.74. The number of nitrogens with one attached hydrogen (secondary N) is 2. The van der Waals surface area contributed by atoms with Crippen LogP contribution in [0, 0.1) is 0 Å². The van der Waals surface area contributed by atoms with E-state index in [1.54, 1.807) is 30.3 Å². The molecule has 3 rings (SSSR count). The van der Waals surface area contributed by atoms with Gasteiger partial charge in [-0.2, -0.15) is 13.2 Å². The van der Waals surface area contributed by atoms with Gasteiger partial charge in [0.25, 0.3) is 5.91 Å². The Morgan fingerprint density at radius 1 is 0.943 bits per heavy atom. The van der Waals surface area contributed by atoms with Gasteiger partial charge in [-0.1, -0.05) is 48.5 Å². The van der Waals surface area contributed by atoms with E-state index < -0.39 is 42.7 Å². The predicted molar refractivity (Wildman–Crippen MR) is 121 cm³/mol. The smallest absolute Gasteiger partial charge is 0.426 e. The molecule has 2 atom stereocenters. The van der Waals surface area contributed by atoms with Crippen LogP contribution in [0.5, 0.6) is 0 Å². The minimum atomic E-state index is -4.57. The number of rotatable bonds is 9. The highest BCUT2D eigenvalue weighted by Crippen LogP contribution is 2.29. The number of amides is 2. The Morgan fingerprint density at radius 2 is 1.66 bits per heavy atom. The Kier molecular flexibility index (Phi) is 8.55. The van der Waals surface area contributed by atoms with Gasteiger partial charge in [0.1, 0.15) is 11.7 Å². The van der Waals surface area contributed by atoms with Crippen LogP contribution in [0.25, 0.3) is 0 Å². The van der Waals surface area contributed by atoms with Crippen LogP contribution in [0.15, 0.2) is 73.2 Å². The van der Waals surface area contributed by atoms with Crippen molar-refractivity contribution in [1.29, 1.82) is 0 Å². The lowest BCUT2D eigenvalue weighted by atomic mass is 9.75. The van der Waals surface area contributed by atoms with E-state index in [2.05, 4.69) is 20.6 Å². The van der Waals surface area contributed by atoms with Crippen molar-refractivity contribution in [3.63, 3.8) is 0 Å². The molecule has 35 heavy (non-hydrogen) atoms. The van der Waals surface area contributed by atoms with Crippen molar-refractivity contribution < 1.29 is 32.8 Å². The van der Waals surface area contributed by atoms with Gasteiger partial charge in [-0.15, -0.1) is 0 Å². The summed E-state index contributed by atoms with van der Waals surface area (Å²) in [6.45, 7) is 0. The highest BCUT2D eigenvalue weighted by Gasteiger charge is 2.33. The lowest BCUT2D eigenvalue weighted by molar-refractivity contribution is -0.137. The van der Waals surface area contributed by atoms with Gasteiger partial charge in [-0.05, 0) is 23.6 Å². The average Bonchev–Trinajstić information content (AvgIpc) is 2.84. The summed E-state index contributed by atoms with van der Waals surface area (Å²) in [5.41, 5.74) is -0.0701. The van der Waals surface area contributed by atoms with Crippen molar-refractivity contribution in [3.05, 3.63) is 95.6 Å². The fourth-order valence-corrected chi connectivity index (χ4v) is 3.35. The summed E-state index contributed by atoms with van der Waals surface area (Å²) in [4.78, 5) is 33.4. The van der Waals surface area contributed by atoms with E-state index in [1.807, 2.05) is 0 Å². The summed E-state index contributed by atoms with van der Waals surface area (Å²) in [6.07, 6.45) is -0.876. The molecule has 0 saturated heterocycles. The second-order valence-corrected chi connectivity index (χ2v) is 7.74. The Hall–Kier alpha value is -3.77. The summed E-state index contributed by atoms with van der Waals surface area (Å²) in [7, 11) is -2.07. The van der Waals surface area contributed by atoms with Crippen LogP contribution >= 0.6 is 0 Å². The van der Waals surface area contributed by atoms with Crippen LogP contribution in [0.3, 0.4) is 0 Å². The quantitative estimate of drug-likeness (QED) is 0.341. The Labute approximate surface area is 199 Å². The predicted octanol–water partition coefficient (Wildman–Crippen LogP) is 1.58. The highest BCUT2D eigenvalue weighted by atomic mass is 19.4.